The maximum atomic E-state index is 12.2. The number of allylic oxidation sites excluding steroid dienone is 1. The SMILES string of the molecule is N#CC1=C(N)C(C#N)(C#N)[C@H](c2ccccc2)[C@@H]([N+](=O)[O-])[C@H]1c1ccccc1. The molecule has 0 unspecified atom stereocenters. The van der Waals surface area contributed by atoms with Crippen molar-refractivity contribution in [1.82, 2.24) is 0 Å². The molecule has 1 aliphatic rings. The zero-order valence-corrected chi connectivity index (χ0v) is 14.7. The topological polar surface area (TPSA) is 141 Å². The first kappa shape index (κ1) is 18.6. The second-order valence-corrected chi connectivity index (χ2v) is 6.52. The van der Waals surface area contributed by atoms with Crippen molar-refractivity contribution in [3.05, 3.63) is 93.2 Å². The third kappa shape index (κ3) is 2.65. The summed E-state index contributed by atoms with van der Waals surface area (Å²) in [4.78, 5) is 11.7. The Morgan fingerprint density at radius 3 is 1.86 bits per heavy atom. The van der Waals surface area contributed by atoms with E-state index >= 15 is 0 Å². The van der Waals surface area contributed by atoms with E-state index in [0.717, 1.165) is 0 Å². The summed E-state index contributed by atoms with van der Waals surface area (Å²) >= 11 is 0. The number of hydrogen-bond donors (Lipinski definition) is 1. The summed E-state index contributed by atoms with van der Waals surface area (Å²) in [6, 6.07) is 21.2. The van der Waals surface area contributed by atoms with Crippen LogP contribution >= 0.6 is 0 Å². The highest BCUT2D eigenvalue weighted by atomic mass is 16.6. The van der Waals surface area contributed by atoms with E-state index in [2.05, 4.69) is 0 Å². The molecule has 0 radical (unpaired) electrons. The molecule has 0 heterocycles. The van der Waals surface area contributed by atoms with Gasteiger partial charge in [0.25, 0.3) is 0 Å². The average molecular weight is 369 g/mol. The Hall–Kier alpha value is -4.15. The monoisotopic (exact) mass is 369 g/mol. The fraction of sp³-hybridized carbons (Fsp3) is 0.190. The van der Waals surface area contributed by atoms with Crippen LogP contribution in [0.4, 0.5) is 0 Å². The molecule has 7 heteroatoms. The molecule has 0 spiro atoms. The molecule has 136 valence electrons. The molecule has 0 aliphatic heterocycles. The average Bonchev–Trinajstić information content (AvgIpc) is 2.74. The maximum Gasteiger partial charge on any atom is 0.234 e. The van der Waals surface area contributed by atoms with Crippen molar-refractivity contribution in [3.63, 3.8) is 0 Å². The summed E-state index contributed by atoms with van der Waals surface area (Å²) in [5.74, 6) is -2.11. The van der Waals surface area contributed by atoms with Crippen LogP contribution in [0.25, 0.3) is 0 Å². The second-order valence-electron chi connectivity index (χ2n) is 6.52. The van der Waals surface area contributed by atoms with Crippen molar-refractivity contribution < 1.29 is 4.92 Å². The van der Waals surface area contributed by atoms with E-state index in [-0.39, 0.29) is 11.3 Å². The van der Waals surface area contributed by atoms with E-state index in [9.17, 15) is 25.9 Å². The Morgan fingerprint density at radius 2 is 1.43 bits per heavy atom. The van der Waals surface area contributed by atoms with Crippen molar-refractivity contribution in [2.45, 2.75) is 17.9 Å². The number of nitriles is 3. The molecule has 3 rings (SSSR count). The molecular formula is C21H15N5O2. The van der Waals surface area contributed by atoms with Gasteiger partial charge >= 0.3 is 0 Å². The first-order valence-electron chi connectivity index (χ1n) is 8.48. The van der Waals surface area contributed by atoms with Crippen molar-refractivity contribution in [2.75, 3.05) is 0 Å². The molecule has 0 fully saturated rings. The fourth-order valence-electron chi connectivity index (χ4n) is 3.96. The number of hydrogen-bond acceptors (Lipinski definition) is 6. The molecule has 2 aromatic rings. The highest BCUT2D eigenvalue weighted by Gasteiger charge is 2.60. The van der Waals surface area contributed by atoms with E-state index in [1.54, 1.807) is 60.7 Å². The van der Waals surface area contributed by atoms with Crippen LogP contribution in [0.1, 0.15) is 23.0 Å². The number of rotatable bonds is 3. The first-order valence-corrected chi connectivity index (χ1v) is 8.48. The molecule has 0 amide bonds. The minimum Gasteiger partial charge on any atom is -0.399 e. The van der Waals surface area contributed by atoms with Crippen LogP contribution in [0.15, 0.2) is 71.9 Å². The van der Waals surface area contributed by atoms with Crippen LogP contribution in [0.3, 0.4) is 0 Å². The maximum absolute atomic E-state index is 12.2. The summed E-state index contributed by atoms with van der Waals surface area (Å²) in [7, 11) is 0. The summed E-state index contributed by atoms with van der Waals surface area (Å²) in [6.45, 7) is 0. The molecule has 0 saturated heterocycles. The zero-order valence-electron chi connectivity index (χ0n) is 14.7. The smallest absolute Gasteiger partial charge is 0.234 e. The van der Waals surface area contributed by atoms with Gasteiger partial charge in [-0.05, 0) is 11.1 Å². The minimum atomic E-state index is -2.02. The van der Waals surface area contributed by atoms with Gasteiger partial charge in [0.2, 0.25) is 6.04 Å². The van der Waals surface area contributed by atoms with E-state index in [1.165, 1.54) is 0 Å². The lowest BCUT2D eigenvalue weighted by atomic mass is 9.58. The van der Waals surface area contributed by atoms with Gasteiger partial charge in [0, 0.05) is 4.92 Å². The molecule has 7 nitrogen and oxygen atoms in total. The number of nitro groups is 1. The Labute approximate surface area is 161 Å². The Balaban J connectivity index is 2.42. The predicted octanol–water partition coefficient (Wildman–Crippen LogP) is 2.98. The number of nitrogens with zero attached hydrogens (tertiary/aromatic N) is 4. The molecule has 0 aromatic heterocycles. The van der Waals surface area contributed by atoms with E-state index in [0.29, 0.717) is 11.1 Å². The largest absolute Gasteiger partial charge is 0.399 e. The van der Waals surface area contributed by atoms with E-state index in [4.69, 9.17) is 5.73 Å². The lowest BCUT2D eigenvalue weighted by molar-refractivity contribution is -0.532. The van der Waals surface area contributed by atoms with Gasteiger partial charge in [-0.25, -0.2) is 0 Å². The molecule has 0 saturated carbocycles. The van der Waals surface area contributed by atoms with Gasteiger partial charge in [-0.2, -0.15) is 15.8 Å². The van der Waals surface area contributed by atoms with Gasteiger partial charge in [0.1, 0.15) is 0 Å². The van der Waals surface area contributed by atoms with Crippen molar-refractivity contribution in [3.8, 4) is 18.2 Å². The van der Waals surface area contributed by atoms with E-state index < -0.39 is 28.2 Å². The number of nitrogens with two attached hydrogens (primary N) is 1. The van der Waals surface area contributed by atoms with Gasteiger partial charge < -0.3 is 5.73 Å². The quantitative estimate of drug-likeness (QED) is 0.651. The summed E-state index contributed by atoms with van der Waals surface area (Å²) in [6.07, 6.45) is 0. The molecule has 2 aromatic carbocycles. The van der Waals surface area contributed by atoms with E-state index in [1.807, 2.05) is 18.2 Å². The van der Waals surface area contributed by atoms with Crippen LogP contribution in [-0.2, 0) is 0 Å². The highest BCUT2D eigenvalue weighted by Crippen LogP contribution is 2.53. The summed E-state index contributed by atoms with van der Waals surface area (Å²) < 4.78 is 0. The normalized spacial score (nSPS) is 23.1. The molecule has 0 bridgehead atoms. The van der Waals surface area contributed by atoms with Crippen LogP contribution in [0.2, 0.25) is 0 Å². The van der Waals surface area contributed by atoms with Gasteiger partial charge in [0.05, 0.1) is 41.3 Å². The Morgan fingerprint density at radius 1 is 0.929 bits per heavy atom. The van der Waals surface area contributed by atoms with Gasteiger partial charge in [0.15, 0.2) is 5.41 Å². The lowest BCUT2D eigenvalue weighted by Crippen LogP contribution is -2.50. The highest BCUT2D eigenvalue weighted by molar-refractivity contribution is 5.54. The summed E-state index contributed by atoms with van der Waals surface area (Å²) in [5, 5.41) is 41.8. The fourth-order valence-corrected chi connectivity index (χ4v) is 3.96. The zero-order chi connectivity index (χ0) is 20.3. The third-order valence-electron chi connectivity index (χ3n) is 5.21. The molecule has 2 N–H and O–H groups in total. The van der Waals surface area contributed by atoms with Crippen molar-refractivity contribution >= 4 is 0 Å². The van der Waals surface area contributed by atoms with Crippen LogP contribution in [0, 0.1) is 49.5 Å². The van der Waals surface area contributed by atoms with Crippen molar-refractivity contribution in [2.24, 2.45) is 11.1 Å². The van der Waals surface area contributed by atoms with Gasteiger partial charge in [-0.3, -0.25) is 10.1 Å². The summed E-state index contributed by atoms with van der Waals surface area (Å²) in [5.41, 5.74) is 4.84. The predicted molar refractivity (Wildman–Crippen MR) is 99.6 cm³/mol. The Bertz CT molecular complexity index is 1040. The number of benzene rings is 2. The van der Waals surface area contributed by atoms with Gasteiger partial charge in [-0.15, -0.1) is 0 Å². The van der Waals surface area contributed by atoms with Crippen LogP contribution in [-0.4, -0.2) is 11.0 Å². The first-order chi connectivity index (χ1) is 13.5. The second kappa shape index (κ2) is 7.23. The Kier molecular flexibility index (Phi) is 4.81. The molecule has 28 heavy (non-hydrogen) atoms. The van der Waals surface area contributed by atoms with Crippen LogP contribution in [0.5, 0.6) is 0 Å². The van der Waals surface area contributed by atoms with Crippen LogP contribution < -0.4 is 5.73 Å². The van der Waals surface area contributed by atoms with Crippen molar-refractivity contribution in [1.29, 1.82) is 15.8 Å². The lowest BCUT2D eigenvalue weighted by Gasteiger charge is -2.40. The standard InChI is InChI=1S/C21H15N5O2/c22-11-16-17(14-7-3-1-4-8-14)19(26(27)28)18(15-9-5-2-6-10-15)21(12-23,13-24)20(16)25/h1-10,17-19H,25H2/t17-,18+,19-/m0/s1. The molecule has 1 aliphatic carbocycles. The third-order valence-corrected chi connectivity index (χ3v) is 5.21. The van der Waals surface area contributed by atoms with Gasteiger partial charge in [-0.1, -0.05) is 60.7 Å². The molecule has 3 atom stereocenters. The minimum absolute atomic E-state index is 0.108. The molecular weight excluding hydrogens is 354 g/mol.